The summed E-state index contributed by atoms with van der Waals surface area (Å²) in [5.74, 6) is 0. The van der Waals surface area contributed by atoms with Gasteiger partial charge in [0, 0.05) is 10.6 Å². The average molecular weight is 133 g/mol. The second kappa shape index (κ2) is 3.67. The number of rotatable bonds is 2. The summed E-state index contributed by atoms with van der Waals surface area (Å²) in [7, 11) is 0. The highest BCUT2D eigenvalue weighted by atomic mass is 35.5. The number of hydrogen-bond acceptors (Lipinski definition) is 1. The predicted octanol–water partition coefficient (Wildman–Crippen LogP) is 2.11. The Morgan fingerprint density at radius 2 is 2.25 bits per heavy atom. The number of hydrogen-bond donors (Lipinski definition) is 0. The van der Waals surface area contributed by atoms with Crippen LogP contribution >= 0.6 is 11.6 Å². The fourth-order valence-electron chi connectivity index (χ4n) is 0.343. The van der Waals surface area contributed by atoms with Crippen molar-refractivity contribution in [3.05, 3.63) is 10.6 Å². The summed E-state index contributed by atoms with van der Waals surface area (Å²) in [6, 6.07) is 0. The SMILES string of the molecule is CCC(Cl)=C(C)C=O. The van der Waals surface area contributed by atoms with Gasteiger partial charge in [0.25, 0.3) is 0 Å². The minimum absolute atomic E-state index is 0.633. The summed E-state index contributed by atoms with van der Waals surface area (Å²) in [6.07, 6.45) is 1.51. The zero-order valence-electron chi connectivity index (χ0n) is 5.07. The molecule has 0 radical (unpaired) electrons. The van der Waals surface area contributed by atoms with Crippen LogP contribution in [0.4, 0.5) is 0 Å². The maximum Gasteiger partial charge on any atom is 0.146 e. The third-order valence-electron chi connectivity index (χ3n) is 0.915. The van der Waals surface area contributed by atoms with Crippen molar-refractivity contribution in [2.75, 3.05) is 0 Å². The van der Waals surface area contributed by atoms with E-state index in [1.165, 1.54) is 0 Å². The largest absolute Gasteiger partial charge is 0.298 e. The first-order chi connectivity index (χ1) is 3.72. The lowest BCUT2D eigenvalue weighted by atomic mass is 10.3. The number of carbonyl (C=O) groups is 1. The van der Waals surface area contributed by atoms with Gasteiger partial charge in [-0.05, 0) is 13.3 Å². The first kappa shape index (κ1) is 7.70. The Morgan fingerprint density at radius 1 is 1.75 bits per heavy atom. The number of halogens is 1. The second-order valence-corrected chi connectivity index (χ2v) is 2.02. The summed E-state index contributed by atoms with van der Waals surface area (Å²) in [5.41, 5.74) is 0.633. The summed E-state index contributed by atoms with van der Waals surface area (Å²) >= 11 is 5.56. The van der Waals surface area contributed by atoms with E-state index in [1.807, 2.05) is 6.92 Å². The minimum atomic E-state index is 0.633. The van der Waals surface area contributed by atoms with Gasteiger partial charge < -0.3 is 0 Å². The van der Waals surface area contributed by atoms with E-state index in [9.17, 15) is 4.79 Å². The molecule has 1 nitrogen and oxygen atoms in total. The molecule has 2 heteroatoms. The van der Waals surface area contributed by atoms with E-state index in [4.69, 9.17) is 11.6 Å². The molecule has 0 rings (SSSR count). The summed E-state index contributed by atoms with van der Waals surface area (Å²) in [4.78, 5) is 9.96. The zero-order chi connectivity index (χ0) is 6.57. The van der Waals surface area contributed by atoms with Crippen LogP contribution in [-0.4, -0.2) is 6.29 Å². The smallest absolute Gasteiger partial charge is 0.146 e. The maximum absolute atomic E-state index is 9.96. The molecule has 0 heterocycles. The van der Waals surface area contributed by atoms with E-state index < -0.39 is 0 Å². The Hall–Kier alpha value is -0.300. The molecule has 0 aromatic rings. The highest BCUT2D eigenvalue weighted by Crippen LogP contribution is 2.09. The van der Waals surface area contributed by atoms with Crippen LogP contribution in [0.25, 0.3) is 0 Å². The molecule has 0 saturated carbocycles. The van der Waals surface area contributed by atoms with Crippen LogP contribution in [0.1, 0.15) is 20.3 Å². The fraction of sp³-hybridized carbons (Fsp3) is 0.500. The van der Waals surface area contributed by atoms with Gasteiger partial charge in [-0.2, -0.15) is 0 Å². The van der Waals surface area contributed by atoms with Crippen molar-refractivity contribution in [1.29, 1.82) is 0 Å². The maximum atomic E-state index is 9.96. The molecule has 0 spiro atoms. The molecule has 0 fully saturated rings. The quantitative estimate of drug-likeness (QED) is 0.416. The molecule has 0 aliphatic heterocycles. The van der Waals surface area contributed by atoms with Crippen molar-refractivity contribution < 1.29 is 4.79 Å². The molecule has 0 amide bonds. The van der Waals surface area contributed by atoms with Gasteiger partial charge >= 0.3 is 0 Å². The van der Waals surface area contributed by atoms with Crippen LogP contribution in [0.3, 0.4) is 0 Å². The summed E-state index contributed by atoms with van der Waals surface area (Å²) < 4.78 is 0. The first-order valence-electron chi connectivity index (χ1n) is 2.52. The lowest BCUT2D eigenvalue weighted by Gasteiger charge is -1.90. The highest BCUT2D eigenvalue weighted by Gasteiger charge is 1.91. The zero-order valence-corrected chi connectivity index (χ0v) is 5.83. The molecular weight excluding hydrogens is 124 g/mol. The topological polar surface area (TPSA) is 17.1 Å². The number of allylic oxidation sites excluding steroid dienone is 2. The molecule has 8 heavy (non-hydrogen) atoms. The Labute approximate surface area is 54.3 Å². The number of carbonyl (C=O) groups excluding carboxylic acids is 1. The van der Waals surface area contributed by atoms with Gasteiger partial charge in [0.05, 0.1) is 0 Å². The lowest BCUT2D eigenvalue weighted by molar-refractivity contribution is -0.104. The van der Waals surface area contributed by atoms with E-state index in [0.717, 1.165) is 12.7 Å². The van der Waals surface area contributed by atoms with Crippen molar-refractivity contribution in [3.8, 4) is 0 Å². The summed E-state index contributed by atoms with van der Waals surface area (Å²) in [6.45, 7) is 3.62. The number of aldehydes is 1. The molecule has 0 unspecified atom stereocenters. The van der Waals surface area contributed by atoms with Gasteiger partial charge in [0.2, 0.25) is 0 Å². The van der Waals surface area contributed by atoms with Crippen LogP contribution in [-0.2, 0) is 4.79 Å². The molecular formula is C6H9ClO. The second-order valence-electron chi connectivity index (χ2n) is 1.56. The van der Waals surface area contributed by atoms with Crippen LogP contribution in [0.5, 0.6) is 0 Å². The van der Waals surface area contributed by atoms with E-state index in [0.29, 0.717) is 10.6 Å². The van der Waals surface area contributed by atoms with Crippen LogP contribution < -0.4 is 0 Å². The van der Waals surface area contributed by atoms with Crippen molar-refractivity contribution in [1.82, 2.24) is 0 Å². The van der Waals surface area contributed by atoms with Gasteiger partial charge in [-0.25, -0.2) is 0 Å². The Morgan fingerprint density at radius 3 is 2.38 bits per heavy atom. The molecule has 0 saturated heterocycles. The molecule has 46 valence electrons. The van der Waals surface area contributed by atoms with E-state index in [-0.39, 0.29) is 0 Å². The van der Waals surface area contributed by atoms with Crippen molar-refractivity contribution >= 4 is 17.9 Å². The van der Waals surface area contributed by atoms with Crippen molar-refractivity contribution in [3.63, 3.8) is 0 Å². The Balaban J connectivity index is 4.03. The normalized spacial score (nSPS) is 12.9. The van der Waals surface area contributed by atoms with Gasteiger partial charge in [-0.1, -0.05) is 18.5 Å². The van der Waals surface area contributed by atoms with E-state index >= 15 is 0 Å². The standard InChI is InChI=1S/C6H9ClO/c1-3-6(7)5(2)4-8/h4H,3H2,1-2H3. The van der Waals surface area contributed by atoms with E-state index in [1.54, 1.807) is 6.92 Å². The molecule has 0 aliphatic rings. The molecule has 0 aliphatic carbocycles. The minimum Gasteiger partial charge on any atom is -0.298 e. The van der Waals surface area contributed by atoms with Gasteiger partial charge in [0.15, 0.2) is 0 Å². The van der Waals surface area contributed by atoms with Crippen LogP contribution in [0.15, 0.2) is 10.6 Å². The third-order valence-corrected chi connectivity index (χ3v) is 1.48. The Kier molecular flexibility index (Phi) is 3.53. The molecule has 0 aromatic carbocycles. The lowest BCUT2D eigenvalue weighted by Crippen LogP contribution is -1.79. The van der Waals surface area contributed by atoms with Gasteiger partial charge in [-0.3, -0.25) is 4.79 Å². The van der Waals surface area contributed by atoms with Crippen LogP contribution in [0.2, 0.25) is 0 Å². The van der Waals surface area contributed by atoms with Gasteiger partial charge in [0.1, 0.15) is 6.29 Å². The Bertz CT molecular complexity index is 116. The van der Waals surface area contributed by atoms with E-state index in [2.05, 4.69) is 0 Å². The summed E-state index contributed by atoms with van der Waals surface area (Å²) in [5, 5.41) is 0.653. The first-order valence-corrected chi connectivity index (χ1v) is 2.90. The molecule has 0 atom stereocenters. The van der Waals surface area contributed by atoms with Crippen molar-refractivity contribution in [2.45, 2.75) is 20.3 Å². The van der Waals surface area contributed by atoms with Gasteiger partial charge in [-0.15, -0.1) is 0 Å². The van der Waals surface area contributed by atoms with Crippen molar-refractivity contribution in [2.24, 2.45) is 0 Å². The fourth-order valence-corrected chi connectivity index (χ4v) is 0.387. The highest BCUT2D eigenvalue weighted by molar-refractivity contribution is 6.31. The third kappa shape index (κ3) is 2.12. The molecule has 0 aromatic heterocycles. The average Bonchev–Trinajstić information content (AvgIpc) is 1.84. The molecule has 0 N–H and O–H groups in total. The predicted molar refractivity (Wildman–Crippen MR) is 34.9 cm³/mol. The van der Waals surface area contributed by atoms with Crippen LogP contribution in [0, 0.1) is 0 Å². The monoisotopic (exact) mass is 132 g/mol. The molecule has 0 bridgehead atoms.